The lowest BCUT2D eigenvalue weighted by Gasteiger charge is -2.35. The molecule has 0 aromatic heterocycles. The Bertz CT molecular complexity index is 479. The van der Waals surface area contributed by atoms with E-state index in [1.54, 1.807) is 18.2 Å². The van der Waals surface area contributed by atoms with Gasteiger partial charge in [0.25, 0.3) is 5.96 Å². The molecule has 2 N–H and O–H groups in total. The minimum absolute atomic E-state index is 0.226. The SMILES string of the molecule is NC1=NN([O-])c2ccccc2N1OC(=O)CCl. The van der Waals surface area contributed by atoms with Crippen LogP contribution in [0, 0.1) is 5.21 Å². The van der Waals surface area contributed by atoms with E-state index in [2.05, 4.69) is 5.10 Å². The van der Waals surface area contributed by atoms with Gasteiger partial charge in [0.2, 0.25) is 0 Å². The van der Waals surface area contributed by atoms with Crippen LogP contribution in [0.4, 0.5) is 11.4 Å². The molecule has 0 aliphatic carbocycles. The van der Waals surface area contributed by atoms with E-state index in [0.29, 0.717) is 10.9 Å². The zero-order chi connectivity index (χ0) is 12.4. The lowest BCUT2D eigenvalue weighted by molar-refractivity contribution is -0.140. The molecule has 0 spiro atoms. The maximum absolute atomic E-state index is 11.5. The van der Waals surface area contributed by atoms with Crippen LogP contribution in [0.3, 0.4) is 0 Å². The molecule has 1 aromatic rings. The van der Waals surface area contributed by atoms with E-state index in [1.807, 2.05) is 0 Å². The Morgan fingerprint density at radius 2 is 2.12 bits per heavy atom. The number of hydroxylamine groups is 1. The molecule has 0 amide bonds. The summed E-state index contributed by atoms with van der Waals surface area (Å²) >= 11 is 5.32. The van der Waals surface area contributed by atoms with E-state index in [0.717, 1.165) is 5.06 Å². The van der Waals surface area contributed by atoms with Crippen molar-refractivity contribution in [3.05, 3.63) is 29.5 Å². The highest BCUT2D eigenvalue weighted by atomic mass is 35.5. The molecule has 0 atom stereocenters. The van der Waals surface area contributed by atoms with Crippen molar-refractivity contribution in [2.45, 2.75) is 0 Å². The lowest BCUT2D eigenvalue weighted by atomic mass is 10.2. The quantitative estimate of drug-likeness (QED) is 0.783. The number of nitrogens with zero attached hydrogens (tertiary/aromatic N) is 3. The van der Waals surface area contributed by atoms with Gasteiger partial charge in [-0.1, -0.05) is 12.1 Å². The first kappa shape index (κ1) is 11.5. The van der Waals surface area contributed by atoms with Crippen molar-refractivity contribution >= 4 is 34.9 Å². The number of hydrogen-bond acceptors (Lipinski definition) is 7. The molecule has 1 aliphatic rings. The normalized spacial score (nSPS) is 14.1. The molecular weight excluding hydrogens is 248 g/mol. The second-order valence-electron chi connectivity index (χ2n) is 3.11. The Morgan fingerprint density at radius 3 is 2.76 bits per heavy atom. The van der Waals surface area contributed by atoms with Crippen molar-refractivity contribution < 1.29 is 9.63 Å². The highest BCUT2D eigenvalue weighted by Gasteiger charge is 2.24. The number of carbonyl (C=O) groups excluding carboxylic acids is 1. The number of halogens is 1. The average Bonchev–Trinajstić information content (AvgIpc) is 2.34. The van der Waals surface area contributed by atoms with Gasteiger partial charge in [0.15, 0.2) is 0 Å². The second kappa shape index (κ2) is 4.48. The van der Waals surface area contributed by atoms with Crippen LogP contribution in [-0.2, 0) is 9.63 Å². The highest BCUT2D eigenvalue weighted by Crippen LogP contribution is 2.32. The minimum atomic E-state index is -0.695. The number of rotatable bonds is 2. The van der Waals surface area contributed by atoms with E-state index in [9.17, 15) is 10.0 Å². The first-order chi connectivity index (χ1) is 8.13. The maximum Gasteiger partial charge on any atom is 0.347 e. The number of hydrogen-bond donors (Lipinski definition) is 1. The first-order valence-electron chi connectivity index (χ1n) is 4.60. The molecule has 2 rings (SSSR count). The van der Waals surface area contributed by atoms with Gasteiger partial charge in [-0.3, -0.25) is 0 Å². The van der Waals surface area contributed by atoms with Gasteiger partial charge < -0.3 is 21.0 Å². The Hall–Kier alpha value is -1.99. The summed E-state index contributed by atoms with van der Waals surface area (Å²) in [5.74, 6) is -1.26. The van der Waals surface area contributed by atoms with Crippen molar-refractivity contribution in [2.24, 2.45) is 10.8 Å². The lowest BCUT2D eigenvalue weighted by Crippen LogP contribution is -2.43. The third-order valence-corrected chi connectivity index (χ3v) is 2.23. The van der Waals surface area contributed by atoms with Gasteiger partial charge >= 0.3 is 5.97 Å². The third kappa shape index (κ3) is 2.10. The fraction of sp³-hybridized carbons (Fsp3) is 0.111. The summed E-state index contributed by atoms with van der Waals surface area (Å²) in [6.07, 6.45) is 0. The molecule has 17 heavy (non-hydrogen) atoms. The topological polar surface area (TPSA) is 94.2 Å². The van der Waals surface area contributed by atoms with Gasteiger partial charge in [0.1, 0.15) is 11.6 Å². The molecule has 7 nitrogen and oxygen atoms in total. The summed E-state index contributed by atoms with van der Waals surface area (Å²) in [6, 6.07) is 6.43. The number of para-hydroxylation sites is 2. The highest BCUT2D eigenvalue weighted by molar-refractivity contribution is 6.26. The zero-order valence-corrected chi connectivity index (χ0v) is 9.29. The molecule has 0 radical (unpaired) electrons. The Kier molecular flexibility index (Phi) is 3.03. The summed E-state index contributed by atoms with van der Waals surface area (Å²) in [6.45, 7) is 0. The van der Waals surface area contributed by atoms with Crippen molar-refractivity contribution in [3.63, 3.8) is 0 Å². The van der Waals surface area contributed by atoms with E-state index in [-0.39, 0.29) is 17.5 Å². The molecular formula is C9H8ClN4O3-. The van der Waals surface area contributed by atoms with Crippen LogP contribution in [0.25, 0.3) is 0 Å². The van der Waals surface area contributed by atoms with Crippen LogP contribution in [0.1, 0.15) is 0 Å². The molecule has 8 heteroatoms. The number of anilines is 2. The summed E-state index contributed by atoms with van der Waals surface area (Å²) < 4.78 is 0. The summed E-state index contributed by atoms with van der Waals surface area (Å²) in [5.41, 5.74) is 6.05. The molecule has 0 saturated carbocycles. The van der Waals surface area contributed by atoms with Crippen LogP contribution in [0.15, 0.2) is 29.4 Å². The monoisotopic (exact) mass is 255 g/mol. The van der Waals surface area contributed by atoms with Crippen LogP contribution in [0.2, 0.25) is 0 Å². The Morgan fingerprint density at radius 1 is 1.47 bits per heavy atom. The minimum Gasteiger partial charge on any atom is -0.737 e. The van der Waals surface area contributed by atoms with Gasteiger partial charge in [-0.05, 0) is 12.1 Å². The zero-order valence-electron chi connectivity index (χ0n) is 8.54. The van der Waals surface area contributed by atoms with Crippen LogP contribution >= 0.6 is 11.6 Å². The second-order valence-corrected chi connectivity index (χ2v) is 3.38. The van der Waals surface area contributed by atoms with Gasteiger partial charge in [-0.25, -0.2) is 4.79 Å². The smallest absolute Gasteiger partial charge is 0.347 e. The number of benzene rings is 1. The molecule has 1 aromatic carbocycles. The predicted molar refractivity (Wildman–Crippen MR) is 63.2 cm³/mol. The predicted octanol–water partition coefficient (Wildman–Crippen LogP) is 0.738. The van der Waals surface area contributed by atoms with Gasteiger partial charge in [-0.15, -0.1) is 21.8 Å². The molecule has 1 aliphatic heterocycles. The number of carbonyl (C=O) groups is 1. The van der Waals surface area contributed by atoms with Crippen molar-refractivity contribution in [1.29, 1.82) is 0 Å². The van der Waals surface area contributed by atoms with Crippen LogP contribution < -0.4 is 16.0 Å². The molecule has 1 heterocycles. The first-order valence-corrected chi connectivity index (χ1v) is 5.14. The number of fused-ring (bicyclic) bond motifs is 1. The van der Waals surface area contributed by atoms with Crippen LogP contribution in [-0.4, -0.2) is 17.8 Å². The molecule has 0 bridgehead atoms. The molecule has 0 fully saturated rings. The van der Waals surface area contributed by atoms with Crippen molar-refractivity contribution in [2.75, 3.05) is 16.1 Å². The Balaban J connectivity index is 2.37. The van der Waals surface area contributed by atoms with Crippen LogP contribution in [0.5, 0.6) is 0 Å². The summed E-state index contributed by atoms with van der Waals surface area (Å²) in [4.78, 5) is 16.0. The molecule has 0 saturated heterocycles. The number of alkyl halides is 1. The molecule has 0 unspecified atom stereocenters. The molecule has 90 valence electrons. The van der Waals surface area contributed by atoms with Gasteiger partial charge in [0.05, 0.1) is 5.69 Å². The third-order valence-electron chi connectivity index (χ3n) is 2.01. The van der Waals surface area contributed by atoms with Crippen molar-refractivity contribution in [3.8, 4) is 0 Å². The fourth-order valence-electron chi connectivity index (χ4n) is 1.33. The largest absolute Gasteiger partial charge is 0.737 e. The van der Waals surface area contributed by atoms with E-state index in [4.69, 9.17) is 22.2 Å². The van der Waals surface area contributed by atoms with E-state index in [1.165, 1.54) is 6.07 Å². The van der Waals surface area contributed by atoms with Gasteiger partial charge in [0, 0.05) is 0 Å². The van der Waals surface area contributed by atoms with E-state index < -0.39 is 5.97 Å². The Labute approximate surface area is 102 Å². The fourth-order valence-corrected chi connectivity index (χ4v) is 1.38. The van der Waals surface area contributed by atoms with Gasteiger partial charge in [-0.2, -0.15) is 0 Å². The summed E-state index contributed by atoms with van der Waals surface area (Å²) in [5, 5.41) is 16.2. The van der Waals surface area contributed by atoms with E-state index >= 15 is 0 Å². The number of hydrazone groups is 1. The number of guanidine groups is 1. The average molecular weight is 256 g/mol. The van der Waals surface area contributed by atoms with Crippen molar-refractivity contribution in [1.82, 2.24) is 0 Å². The maximum atomic E-state index is 11.5. The standard InChI is InChI=1S/C9H8ClN4O3/c10-5-8(15)17-13-6-3-1-2-4-7(6)14(16)12-9(13)11/h1-4H,5H2,(H2,11,12)/q-1. The summed E-state index contributed by atoms with van der Waals surface area (Å²) in [7, 11) is 0. The number of nitrogens with two attached hydrogens (primary N) is 1.